The molecule has 1 aliphatic heterocycles. The van der Waals surface area contributed by atoms with Gasteiger partial charge in [0.05, 0.1) is 12.8 Å². The van der Waals surface area contributed by atoms with E-state index in [4.69, 9.17) is 9.57 Å². The van der Waals surface area contributed by atoms with Crippen molar-refractivity contribution in [2.45, 2.75) is 58.6 Å². The maximum Gasteiger partial charge on any atom is 0.270 e. The smallest absolute Gasteiger partial charge is 0.270 e. The molecule has 9 nitrogen and oxygen atoms in total. The van der Waals surface area contributed by atoms with Crippen LogP contribution in [0.3, 0.4) is 0 Å². The average Bonchev–Trinajstić information content (AvgIpc) is 3.35. The number of nitrogens with one attached hydrogen (secondary N) is 2. The van der Waals surface area contributed by atoms with Gasteiger partial charge in [-0.05, 0) is 43.5 Å². The van der Waals surface area contributed by atoms with E-state index < -0.39 is 5.82 Å². The molecule has 0 saturated heterocycles. The number of rotatable bonds is 13. The number of amides is 2. The lowest BCUT2D eigenvalue weighted by Gasteiger charge is -2.21. The van der Waals surface area contributed by atoms with Crippen molar-refractivity contribution < 1.29 is 23.6 Å². The number of benzene rings is 1. The lowest BCUT2D eigenvalue weighted by atomic mass is 9.89. The van der Waals surface area contributed by atoms with Crippen LogP contribution in [0.5, 0.6) is 5.75 Å². The Balaban J connectivity index is 1.66. The van der Waals surface area contributed by atoms with Gasteiger partial charge in [0, 0.05) is 25.4 Å². The highest BCUT2D eigenvalue weighted by atomic mass is 19.1. The molecular weight excluding hydrogens is 453 g/mol. The molecular formula is C25H32FN5O4. The second-order valence-corrected chi connectivity index (χ2v) is 8.49. The number of hydrogen-bond donors (Lipinski definition) is 2. The van der Waals surface area contributed by atoms with Crippen molar-refractivity contribution in [3.63, 3.8) is 0 Å². The predicted octanol–water partition coefficient (Wildman–Crippen LogP) is 3.30. The van der Waals surface area contributed by atoms with Crippen LogP contribution in [0.2, 0.25) is 0 Å². The maximum atomic E-state index is 13.6. The van der Waals surface area contributed by atoms with E-state index in [1.54, 1.807) is 19.1 Å². The third-order valence-corrected chi connectivity index (χ3v) is 5.92. The first-order valence-corrected chi connectivity index (χ1v) is 11.8. The van der Waals surface area contributed by atoms with Crippen LogP contribution in [0.15, 0.2) is 29.4 Å². The van der Waals surface area contributed by atoms with Crippen molar-refractivity contribution in [2.24, 2.45) is 11.1 Å². The molecule has 1 aromatic heterocycles. The molecule has 35 heavy (non-hydrogen) atoms. The molecule has 2 N–H and O–H groups in total. The Bertz CT molecular complexity index is 1060. The number of unbranched alkanes of at least 4 members (excludes halogenated alkanes) is 1. The number of carbonyl (C=O) groups is 2. The molecule has 0 radical (unpaired) electrons. The van der Waals surface area contributed by atoms with Crippen molar-refractivity contribution in [2.75, 3.05) is 13.7 Å². The summed E-state index contributed by atoms with van der Waals surface area (Å²) < 4.78 is 18.6. The molecule has 3 rings (SSSR count). The summed E-state index contributed by atoms with van der Waals surface area (Å²) in [7, 11) is 1.39. The molecule has 1 aliphatic rings. The lowest BCUT2D eigenvalue weighted by molar-refractivity contribution is -0.109. The van der Waals surface area contributed by atoms with Gasteiger partial charge in [-0.25, -0.2) is 14.4 Å². The predicted molar refractivity (Wildman–Crippen MR) is 129 cm³/mol. The van der Waals surface area contributed by atoms with E-state index in [-0.39, 0.29) is 35.9 Å². The third kappa shape index (κ3) is 7.21. The summed E-state index contributed by atoms with van der Waals surface area (Å²) >= 11 is 0. The number of hydrogen-bond acceptors (Lipinski definition) is 7. The first-order valence-electron chi connectivity index (χ1n) is 11.8. The van der Waals surface area contributed by atoms with Crippen LogP contribution < -0.4 is 15.4 Å². The van der Waals surface area contributed by atoms with Crippen LogP contribution in [0.4, 0.5) is 4.39 Å². The average molecular weight is 486 g/mol. The van der Waals surface area contributed by atoms with Gasteiger partial charge in [0.1, 0.15) is 23.3 Å². The number of halogens is 1. The fraction of sp³-hybridized carbons (Fsp3) is 0.480. The highest BCUT2D eigenvalue weighted by Gasteiger charge is 2.30. The summed E-state index contributed by atoms with van der Waals surface area (Å²) in [4.78, 5) is 37.9. The van der Waals surface area contributed by atoms with E-state index in [0.29, 0.717) is 42.2 Å². The standard InChI is InChI=1S/C25H32FN5O4/c1-4-5-6-18(9-10-27-15-32)23-13-21(31-35-23)20-12-22(30-16(2)29-20)25(33)28-14-17-7-8-19(26)24(11-17)34-3/h7-8,11-12,15,18,23H,4-6,9-10,13-14H2,1-3H3,(H,27,32)(H,28,33). The van der Waals surface area contributed by atoms with Crippen LogP contribution in [-0.2, 0) is 16.2 Å². The molecule has 0 fully saturated rings. The molecule has 0 aliphatic carbocycles. The van der Waals surface area contributed by atoms with Gasteiger partial charge < -0.3 is 20.2 Å². The van der Waals surface area contributed by atoms with Gasteiger partial charge in [0.25, 0.3) is 5.91 Å². The zero-order valence-electron chi connectivity index (χ0n) is 20.3. The minimum Gasteiger partial charge on any atom is -0.494 e. The van der Waals surface area contributed by atoms with E-state index in [0.717, 1.165) is 25.7 Å². The fourth-order valence-electron chi connectivity index (χ4n) is 4.03. The highest BCUT2D eigenvalue weighted by molar-refractivity contribution is 6.01. The second kappa shape index (κ2) is 12.8. The Morgan fingerprint density at radius 3 is 2.89 bits per heavy atom. The summed E-state index contributed by atoms with van der Waals surface area (Å²) in [5.74, 6) is -0.0303. The Labute approximate surface area is 204 Å². The van der Waals surface area contributed by atoms with Gasteiger partial charge in [-0.3, -0.25) is 9.59 Å². The first-order chi connectivity index (χ1) is 16.9. The molecule has 0 saturated carbocycles. The number of ether oxygens (including phenoxy) is 1. The van der Waals surface area contributed by atoms with Crippen molar-refractivity contribution in [3.8, 4) is 5.75 Å². The van der Waals surface area contributed by atoms with Crippen molar-refractivity contribution in [3.05, 3.63) is 52.9 Å². The van der Waals surface area contributed by atoms with Crippen LogP contribution in [0.25, 0.3) is 0 Å². The summed E-state index contributed by atoms with van der Waals surface area (Å²) in [5, 5.41) is 9.78. The normalized spacial score (nSPS) is 15.7. The highest BCUT2D eigenvalue weighted by Crippen LogP contribution is 2.28. The Kier molecular flexibility index (Phi) is 9.51. The third-order valence-electron chi connectivity index (χ3n) is 5.92. The zero-order valence-corrected chi connectivity index (χ0v) is 20.3. The number of carbonyl (C=O) groups excluding carboxylic acids is 2. The second-order valence-electron chi connectivity index (χ2n) is 8.49. The van der Waals surface area contributed by atoms with Crippen LogP contribution in [0, 0.1) is 18.7 Å². The number of oxime groups is 1. The topological polar surface area (TPSA) is 115 Å². The molecule has 2 heterocycles. The summed E-state index contributed by atoms with van der Waals surface area (Å²) in [5.41, 5.74) is 2.13. The quantitative estimate of drug-likeness (QED) is 0.332. The SMILES string of the molecule is CCCCC(CCNC=O)C1CC(c2cc(C(=O)NCc3ccc(F)c(OC)c3)nc(C)n2)=NO1. The molecule has 0 spiro atoms. The minimum atomic E-state index is -0.464. The van der Waals surface area contributed by atoms with Crippen LogP contribution >= 0.6 is 0 Å². The Morgan fingerprint density at radius 2 is 2.14 bits per heavy atom. The molecule has 10 heteroatoms. The zero-order chi connectivity index (χ0) is 25.2. The summed E-state index contributed by atoms with van der Waals surface area (Å²) in [6.45, 7) is 4.63. The molecule has 1 aromatic carbocycles. The molecule has 188 valence electrons. The van der Waals surface area contributed by atoms with Gasteiger partial charge in [0.2, 0.25) is 6.41 Å². The summed E-state index contributed by atoms with van der Waals surface area (Å²) in [6, 6.07) is 6.02. The van der Waals surface area contributed by atoms with E-state index in [1.807, 2.05) is 0 Å². The largest absolute Gasteiger partial charge is 0.494 e. The van der Waals surface area contributed by atoms with Gasteiger partial charge >= 0.3 is 0 Å². The number of nitrogens with zero attached hydrogens (tertiary/aromatic N) is 3. The number of methoxy groups -OCH3 is 1. The molecule has 2 unspecified atom stereocenters. The molecule has 0 bridgehead atoms. The van der Waals surface area contributed by atoms with Crippen LogP contribution in [-0.4, -0.2) is 47.8 Å². The lowest BCUT2D eigenvalue weighted by Crippen LogP contribution is -2.26. The van der Waals surface area contributed by atoms with E-state index in [1.165, 1.54) is 19.2 Å². The summed E-state index contributed by atoms with van der Waals surface area (Å²) in [6.07, 6.45) is 5.10. The van der Waals surface area contributed by atoms with E-state index >= 15 is 0 Å². The van der Waals surface area contributed by atoms with Gasteiger partial charge in [-0.1, -0.05) is 31.0 Å². The molecule has 2 aromatic rings. The number of aryl methyl sites for hydroxylation is 1. The van der Waals surface area contributed by atoms with E-state index in [2.05, 4.69) is 32.7 Å². The van der Waals surface area contributed by atoms with Gasteiger partial charge in [0.15, 0.2) is 11.6 Å². The van der Waals surface area contributed by atoms with E-state index in [9.17, 15) is 14.0 Å². The first kappa shape index (κ1) is 26.1. The maximum absolute atomic E-state index is 13.6. The van der Waals surface area contributed by atoms with Crippen molar-refractivity contribution in [1.29, 1.82) is 0 Å². The minimum absolute atomic E-state index is 0.106. The Hall–Kier alpha value is -3.56. The molecule has 2 amide bonds. The molecule has 2 atom stereocenters. The van der Waals surface area contributed by atoms with Gasteiger partial charge in [-0.15, -0.1) is 0 Å². The number of aromatic nitrogens is 2. The Morgan fingerprint density at radius 1 is 1.31 bits per heavy atom. The van der Waals surface area contributed by atoms with Crippen molar-refractivity contribution >= 4 is 18.0 Å². The fourth-order valence-corrected chi connectivity index (χ4v) is 4.03. The monoisotopic (exact) mass is 485 g/mol. The van der Waals surface area contributed by atoms with Crippen molar-refractivity contribution in [1.82, 2.24) is 20.6 Å². The van der Waals surface area contributed by atoms with Crippen LogP contribution in [0.1, 0.15) is 66.6 Å². The van der Waals surface area contributed by atoms with Gasteiger partial charge in [-0.2, -0.15) is 0 Å².